The van der Waals surface area contributed by atoms with Gasteiger partial charge in [-0.1, -0.05) is 12.1 Å². The Bertz CT molecular complexity index is 686. The van der Waals surface area contributed by atoms with Gasteiger partial charge in [0, 0.05) is 18.5 Å². The van der Waals surface area contributed by atoms with Crippen LogP contribution in [-0.4, -0.2) is 23.1 Å². The summed E-state index contributed by atoms with van der Waals surface area (Å²) in [6.45, 7) is 6.03. The Morgan fingerprint density at radius 2 is 1.89 bits per heavy atom. The average molecular weight is 241 g/mol. The molecular formula is C14H15N3O. The normalized spacial score (nSPS) is 11.2. The van der Waals surface area contributed by atoms with Crippen molar-refractivity contribution in [2.24, 2.45) is 0 Å². The van der Waals surface area contributed by atoms with E-state index in [1.807, 2.05) is 24.3 Å². The first-order valence-electron chi connectivity index (χ1n) is 6.22. The molecule has 0 N–H and O–H groups in total. The minimum atomic E-state index is 0.780. The van der Waals surface area contributed by atoms with Crippen molar-refractivity contribution >= 4 is 27.9 Å². The van der Waals surface area contributed by atoms with E-state index in [1.165, 1.54) is 0 Å². The zero-order valence-corrected chi connectivity index (χ0v) is 10.6. The Balaban J connectivity index is 2.34. The highest BCUT2D eigenvalue weighted by Crippen LogP contribution is 2.31. The molecule has 0 unspecified atom stereocenters. The van der Waals surface area contributed by atoms with Gasteiger partial charge in [0.15, 0.2) is 11.4 Å². The molecule has 2 heterocycles. The third kappa shape index (κ3) is 1.53. The summed E-state index contributed by atoms with van der Waals surface area (Å²) in [7, 11) is 0. The van der Waals surface area contributed by atoms with Crippen LogP contribution in [0.15, 0.2) is 35.0 Å². The first-order chi connectivity index (χ1) is 8.85. The zero-order chi connectivity index (χ0) is 12.5. The molecule has 3 aromatic rings. The zero-order valence-electron chi connectivity index (χ0n) is 10.6. The fourth-order valence-electron chi connectivity index (χ4n) is 2.26. The largest absolute Gasteiger partial charge is 0.450 e. The smallest absolute Gasteiger partial charge is 0.196 e. The number of rotatable bonds is 3. The molecule has 0 spiro atoms. The van der Waals surface area contributed by atoms with E-state index in [1.54, 1.807) is 6.33 Å². The molecule has 0 aliphatic carbocycles. The van der Waals surface area contributed by atoms with Gasteiger partial charge in [-0.15, -0.1) is 0 Å². The predicted octanol–water partition coefficient (Wildman–Crippen LogP) is 3.22. The molecule has 0 fully saturated rings. The standard InChI is InChI=1S/C14H15N3O/c1-3-17(4-2)14-13-12(15-9-16-14)10-7-5-6-8-11(10)18-13/h5-9H,3-4H2,1-2H3. The summed E-state index contributed by atoms with van der Waals surface area (Å²) in [5, 5.41) is 1.04. The molecule has 0 atom stereocenters. The van der Waals surface area contributed by atoms with Crippen molar-refractivity contribution in [3.05, 3.63) is 30.6 Å². The fraction of sp³-hybridized carbons (Fsp3) is 0.286. The van der Waals surface area contributed by atoms with Crippen LogP contribution >= 0.6 is 0 Å². The Hall–Kier alpha value is -2.10. The van der Waals surface area contributed by atoms with Gasteiger partial charge in [0.2, 0.25) is 0 Å². The van der Waals surface area contributed by atoms with E-state index in [4.69, 9.17) is 4.42 Å². The Morgan fingerprint density at radius 3 is 2.67 bits per heavy atom. The van der Waals surface area contributed by atoms with Crippen molar-refractivity contribution in [2.45, 2.75) is 13.8 Å². The average Bonchev–Trinajstić information content (AvgIpc) is 2.80. The van der Waals surface area contributed by atoms with Crippen LogP contribution < -0.4 is 4.90 Å². The minimum absolute atomic E-state index is 0.780. The van der Waals surface area contributed by atoms with Crippen LogP contribution in [-0.2, 0) is 0 Å². The molecule has 0 saturated carbocycles. The number of anilines is 1. The van der Waals surface area contributed by atoms with E-state index < -0.39 is 0 Å². The number of benzene rings is 1. The van der Waals surface area contributed by atoms with Gasteiger partial charge in [-0.3, -0.25) is 0 Å². The number of hydrogen-bond acceptors (Lipinski definition) is 4. The van der Waals surface area contributed by atoms with E-state index in [-0.39, 0.29) is 0 Å². The SMILES string of the molecule is CCN(CC)c1ncnc2c1oc1ccccc12. The molecule has 3 rings (SSSR count). The second-order valence-corrected chi connectivity index (χ2v) is 4.15. The summed E-state index contributed by atoms with van der Waals surface area (Å²) in [6.07, 6.45) is 1.61. The summed E-state index contributed by atoms with van der Waals surface area (Å²) in [5.41, 5.74) is 2.53. The van der Waals surface area contributed by atoms with Gasteiger partial charge in [-0.05, 0) is 26.0 Å². The lowest BCUT2D eigenvalue weighted by atomic mass is 10.2. The van der Waals surface area contributed by atoms with Crippen molar-refractivity contribution in [1.29, 1.82) is 0 Å². The molecule has 92 valence electrons. The van der Waals surface area contributed by atoms with Crippen molar-refractivity contribution < 1.29 is 4.42 Å². The molecule has 0 aliphatic heterocycles. The second-order valence-electron chi connectivity index (χ2n) is 4.15. The summed E-state index contributed by atoms with van der Waals surface area (Å²) in [4.78, 5) is 10.9. The van der Waals surface area contributed by atoms with Crippen LogP contribution in [0.4, 0.5) is 5.82 Å². The quantitative estimate of drug-likeness (QED) is 0.706. The molecule has 2 aromatic heterocycles. The van der Waals surface area contributed by atoms with E-state index in [2.05, 4.69) is 28.7 Å². The number of aromatic nitrogens is 2. The maximum absolute atomic E-state index is 5.90. The lowest BCUT2D eigenvalue weighted by molar-refractivity contribution is 0.661. The van der Waals surface area contributed by atoms with Gasteiger partial charge in [-0.25, -0.2) is 9.97 Å². The number of para-hydroxylation sites is 1. The summed E-state index contributed by atoms with van der Waals surface area (Å²) in [5.74, 6) is 0.876. The molecule has 1 aromatic carbocycles. The maximum atomic E-state index is 5.90. The lowest BCUT2D eigenvalue weighted by Crippen LogP contribution is -2.23. The van der Waals surface area contributed by atoms with E-state index in [0.717, 1.165) is 41.0 Å². The summed E-state index contributed by atoms with van der Waals surface area (Å²) < 4.78 is 5.90. The first kappa shape index (κ1) is 11.0. The van der Waals surface area contributed by atoms with Gasteiger partial charge < -0.3 is 9.32 Å². The highest BCUT2D eigenvalue weighted by Gasteiger charge is 2.15. The monoisotopic (exact) mass is 241 g/mol. The number of fused-ring (bicyclic) bond motifs is 3. The molecule has 18 heavy (non-hydrogen) atoms. The number of hydrogen-bond donors (Lipinski definition) is 0. The minimum Gasteiger partial charge on any atom is -0.450 e. The van der Waals surface area contributed by atoms with Crippen LogP contribution in [0.1, 0.15) is 13.8 Å². The maximum Gasteiger partial charge on any atom is 0.196 e. The molecule has 0 bridgehead atoms. The third-order valence-corrected chi connectivity index (χ3v) is 3.20. The van der Waals surface area contributed by atoms with E-state index in [9.17, 15) is 0 Å². The molecule has 0 aliphatic rings. The first-order valence-corrected chi connectivity index (χ1v) is 6.22. The molecule has 0 radical (unpaired) electrons. The van der Waals surface area contributed by atoms with Gasteiger partial charge in [0.25, 0.3) is 0 Å². The van der Waals surface area contributed by atoms with E-state index >= 15 is 0 Å². The van der Waals surface area contributed by atoms with Crippen molar-refractivity contribution in [3.63, 3.8) is 0 Å². The van der Waals surface area contributed by atoms with Gasteiger partial charge in [-0.2, -0.15) is 0 Å². The summed E-state index contributed by atoms with van der Waals surface area (Å²) >= 11 is 0. The van der Waals surface area contributed by atoms with Crippen LogP contribution in [0.5, 0.6) is 0 Å². The van der Waals surface area contributed by atoms with Crippen molar-refractivity contribution in [1.82, 2.24) is 9.97 Å². The molecule has 4 heteroatoms. The molecular weight excluding hydrogens is 226 g/mol. The van der Waals surface area contributed by atoms with Crippen LogP contribution in [0, 0.1) is 0 Å². The van der Waals surface area contributed by atoms with Gasteiger partial charge in [0.05, 0.1) is 0 Å². The van der Waals surface area contributed by atoms with Crippen LogP contribution in [0.3, 0.4) is 0 Å². The molecule has 4 nitrogen and oxygen atoms in total. The highest BCUT2D eigenvalue weighted by molar-refractivity contribution is 6.05. The summed E-state index contributed by atoms with van der Waals surface area (Å²) in [6, 6.07) is 7.95. The number of nitrogens with zero attached hydrogens (tertiary/aromatic N) is 3. The Morgan fingerprint density at radius 1 is 1.11 bits per heavy atom. The van der Waals surface area contributed by atoms with E-state index in [0.29, 0.717) is 0 Å². The predicted molar refractivity (Wildman–Crippen MR) is 72.9 cm³/mol. The third-order valence-electron chi connectivity index (χ3n) is 3.20. The lowest BCUT2D eigenvalue weighted by Gasteiger charge is -2.18. The Labute approximate surface area is 105 Å². The molecule has 0 amide bonds. The topological polar surface area (TPSA) is 42.2 Å². The highest BCUT2D eigenvalue weighted by atomic mass is 16.3. The number of furan rings is 1. The Kier molecular flexibility index (Phi) is 2.63. The fourth-order valence-corrected chi connectivity index (χ4v) is 2.26. The van der Waals surface area contributed by atoms with Crippen LogP contribution in [0.25, 0.3) is 22.1 Å². The van der Waals surface area contributed by atoms with Gasteiger partial charge >= 0.3 is 0 Å². The molecule has 0 saturated heterocycles. The van der Waals surface area contributed by atoms with Crippen LogP contribution in [0.2, 0.25) is 0 Å². The van der Waals surface area contributed by atoms with Gasteiger partial charge in [0.1, 0.15) is 17.4 Å². The van der Waals surface area contributed by atoms with Crippen molar-refractivity contribution in [3.8, 4) is 0 Å². The second kappa shape index (κ2) is 4.29. The van der Waals surface area contributed by atoms with Crippen molar-refractivity contribution in [2.75, 3.05) is 18.0 Å².